The predicted molar refractivity (Wildman–Crippen MR) is 106 cm³/mol. The lowest BCUT2D eigenvalue weighted by molar-refractivity contribution is -0.337. The lowest BCUT2D eigenvalue weighted by atomic mass is 9.85. The standard InChI is InChI=1S/C20H27BrN2O5/c1-12-10-13(2)15(21)11-14(12)17-18(24)20(5-7-22(26)8-6-20)23(19(17)25)28-16-4-3-9-27-16/h10-11,16,19,24-26H,3-9H2,1-2H3. The number of rotatable bonds is 3. The Labute approximate surface area is 173 Å². The number of piperidine rings is 1. The molecular weight excluding hydrogens is 428 g/mol. The fourth-order valence-electron chi connectivity index (χ4n) is 4.45. The summed E-state index contributed by atoms with van der Waals surface area (Å²) in [5, 5.41) is 35.2. The summed E-state index contributed by atoms with van der Waals surface area (Å²) in [5.41, 5.74) is 2.41. The second-order valence-corrected chi connectivity index (χ2v) is 8.77. The van der Waals surface area contributed by atoms with Crippen molar-refractivity contribution in [2.75, 3.05) is 19.7 Å². The number of hydroxylamine groups is 4. The summed E-state index contributed by atoms with van der Waals surface area (Å²) in [6.45, 7) is 5.36. The molecule has 0 amide bonds. The van der Waals surface area contributed by atoms with Crippen LogP contribution in [0.15, 0.2) is 22.4 Å². The summed E-state index contributed by atoms with van der Waals surface area (Å²) in [6.07, 6.45) is 0.974. The number of aliphatic hydroxyl groups is 2. The van der Waals surface area contributed by atoms with E-state index < -0.39 is 18.1 Å². The van der Waals surface area contributed by atoms with Gasteiger partial charge in [-0.2, -0.15) is 5.06 Å². The molecule has 2 saturated heterocycles. The zero-order valence-electron chi connectivity index (χ0n) is 16.2. The van der Waals surface area contributed by atoms with Crippen molar-refractivity contribution < 1.29 is 25.0 Å². The minimum Gasteiger partial charge on any atom is -0.510 e. The van der Waals surface area contributed by atoms with Gasteiger partial charge in [0, 0.05) is 29.6 Å². The van der Waals surface area contributed by atoms with Crippen LogP contribution in [0, 0.1) is 13.8 Å². The van der Waals surface area contributed by atoms with Gasteiger partial charge in [-0.1, -0.05) is 22.0 Å². The first kappa shape index (κ1) is 20.3. The van der Waals surface area contributed by atoms with E-state index in [0.717, 1.165) is 34.0 Å². The first-order valence-electron chi connectivity index (χ1n) is 9.74. The van der Waals surface area contributed by atoms with E-state index in [-0.39, 0.29) is 5.76 Å². The van der Waals surface area contributed by atoms with Crippen LogP contribution >= 0.6 is 15.9 Å². The topological polar surface area (TPSA) is 85.6 Å². The summed E-state index contributed by atoms with van der Waals surface area (Å²) in [4.78, 5) is 6.08. The second kappa shape index (κ2) is 7.68. The van der Waals surface area contributed by atoms with Gasteiger partial charge >= 0.3 is 0 Å². The van der Waals surface area contributed by atoms with E-state index in [2.05, 4.69) is 15.9 Å². The van der Waals surface area contributed by atoms with E-state index in [0.29, 0.717) is 38.1 Å². The molecule has 8 heteroatoms. The summed E-state index contributed by atoms with van der Waals surface area (Å²) in [5.74, 6) is 0.116. The van der Waals surface area contributed by atoms with E-state index in [1.165, 1.54) is 10.1 Å². The van der Waals surface area contributed by atoms with Crippen molar-refractivity contribution in [1.29, 1.82) is 0 Å². The molecular formula is C20H27BrN2O5. The zero-order valence-corrected chi connectivity index (χ0v) is 17.8. The fourth-order valence-corrected chi connectivity index (χ4v) is 4.79. The number of hydrogen-bond donors (Lipinski definition) is 3. The number of aryl methyl sites for hydroxylation is 2. The summed E-state index contributed by atoms with van der Waals surface area (Å²) in [6, 6.07) is 3.96. The number of aliphatic hydroxyl groups excluding tert-OH is 2. The minimum absolute atomic E-state index is 0.116. The maximum absolute atomic E-state index is 11.3. The maximum atomic E-state index is 11.3. The van der Waals surface area contributed by atoms with Crippen LogP contribution in [-0.2, 0) is 9.57 Å². The minimum atomic E-state index is -1.12. The molecule has 154 valence electrons. The Hall–Kier alpha value is -1.00. The Bertz CT molecular complexity index is 785. The lowest BCUT2D eigenvalue weighted by Crippen LogP contribution is -2.56. The molecule has 0 aliphatic carbocycles. The number of benzene rings is 1. The van der Waals surface area contributed by atoms with Gasteiger partial charge in [0.2, 0.25) is 0 Å². The van der Waals surface area contributed by atoms with Crippen LogP contribution in [0.5, 0.6) is 0 Å². The van der Waals surface area contributed by atoms with Crippen LogP contribution in [-0.4, -0.2) is 63.3 Å². The highest BCUT2D eigenvalue weighted by Gasteiger charge is 2.56. The first-order valence-corrected chi connectivity index (χ1v) is 10.5. The van der Waals surface area contributed by atoms with Gasteiger partial charge in [-0.15, -0.1) is 5.06 Å². The SMILES string of the molecule is Cc1cc(C)c(C2=C(O)C3(CCN(O)CC3)N(OC3CCCO3)C2O)cc1Br. The van der Waals surface area contributed by atoms with Gasteiger partial charge in [0.15, 0.2) is 12.5 Å². The molecule has 3 heterocycles. The molecule has 0 bridgehead atoms. The normalized spacial score (nSPS) is 28.6. The average molecular weight is 455 g/mol. The number of ether oxygens (including phenoxy) is 1. The molecule has 2 fully saturated rings. The summed E-state index contributed by atoms with van der Waals surface area (Å²) >= 11 is 3.56. The quantitative estimate of drug-likeness (QED) is 0.645. The second-order valence-electron chi connectivity index (χ2n) is 7.91. The average Bonchev–Trinajstić information content (AvgIpc) is 3.23. The van der Waals surface area contributed by atoms with Crippen molar-refractivity contribution in [2.45, 2.75) is 57.6 Å². The van der Waals surface area contributed by atoms with Gasteiger partial charge in [0.1, 0.15) is 11.3 Å². The maximum Gasteiger partial charge on any atom is 0.177 e. The number of halogens is 1. The third kappa shape index (κ3) is 3.31. The van der Waals surface area contributed by atoms with E-state index in [4.69, 9.17) is 9.57 Å². The molecule has 4 rings (SSSR count). The van der Waals surface area contributed by atoms with Crippen LogP contribution in [0.3, 0.4) is 0 Å². The van der Waals surface area contributed by atoms with E-state index >= 15 is 0 Å². The molecule has 7 nitrogen and oxygen atoms in total. The molecule has 3 aliphatic rings. The van der Waals surface area contributed by atoms with Gasteiger partial charge in [0.05, 0.1) is 6.61 Å². The van der Waals surface area contributed by atoms with E-state index in [1.807, 2.05) is 26.0 Å². The van der Waals surface area contributed by atoms with Crippen LogP contribution in [0.1, 0.15) is 42.4 Å². The highest BCUT2D eigenvalue weighted by atomic mass is 79.9. The van der Waals surface area contributed by atoms with E-state index in [1.54, 1.807) is 0 Å². The highest BCUT2D eigenvalue weighted by Crippen LogP contribution is 2.48. The fraction of sp³-hybridized carbons (Fsp3) is 0.600. The number of nitrogens with zero attached hydrogens (tertiary/aromatic N) is 2. The largest absolute Gasteiger partial charge is 0.510 e. The molecule has 0 aromatic heterocycles. The van der Waals surface area contributed by atoms with Crippen LogP contribution in [0.25, 0.3) is 5.57 Å². The molecule has 28 heavy (non-hydrogen) atoms. The lowest BCUT2D eigenvalue weighted by Gasteiger charge is -2.43. The zero-order chi connectivity index (χ0) is 20.1. The van der Waals surface area contributed by atoms with Gasteiger partial charge < -0.3 is 20.2 Å². The molecule has 3 aliphatic heterocycles. The molecule has 1 aromatic rings. The van der Waals surface area contributed by atoms with Crippen LogP contribution in [0.4, 0.5) is 0 Å². The van der Waals surface area contributed by atoms with E-state index in [9.17, 15) is 15.4 Å². The Morgan fingerprint density at radius 3 is 2.57 bits per heavy atom. The molecule has 0 saturated carbocycles. The van der Waals surface area contributed by atoms with Crippen LogP contribution < -0.4 is 0 Å². The van der Waals surface area contributed by atoms with Gasteiger partial charge in [-0.3, -0.25) is 4.84 Å². The summed E-state index contributed by atoms with van der Waals surface area (Å²) < 4.78 is 6.53. The van der Waals surface area contributed by atoms with Crippen molar-refractivity contribution in [2.24, 2.45) is 0 Å². The molecule has 1 spiro atoms. The molecule has 1 aromatic carbocycles. The Morgan fingerprint density at radius 2 is 1.93 bits per heavy atom. The third-order valence-electron chi connectivity index (χ3n) is 6.08. The molecule has 3 N–H and O–H groups in total. The predicted octanol–water partition coefficient (Wildman–Crippen LogP) is 3.26. The smallest absolute Gasteiger partial charge is 0.177 e. The van der Waals surface area contributed by atoms with Crippen molar-refractivity contribution >= 4 is 21.5 Å². The van der Waals surface area contributed by atoms with Gasteiger partial charge in [-0.25, -0.2) is 0 Å². The molecule has 0 radical (unpaired) electrons. The van der Waals surface area contributed by atoms with Crippen molar-refractivity contribution in [3.63, 3.8) is 0 Å². The molecule has 2 unspecified atom stereocenters. The van der Waals surface area contributed by atoms with Gasteiger partial charge in [0.25, 0.3) is 0 Å². The number of hydrogen-bond acceptors (Lipinski definition) is 7. The monoisotopic (exact) mass is 454 g/mol. The van der Waals surface area contributed by atoms with Crippen molar-refractivity contribution in [3.05, 3.63) is 39.1 Å². The first-order chi connectivity index (χ1) is 13.3. The summed E-state index contributed by atoms with van der Waals surface area (Å²) in [7, 11) is 0. The van der Waals surface area contributed by atoms with Crippen molar-refractivity contribution in [3.8, 4) is 0 Å². The Kier molecular flexibility index (Phi) is 5.56. The van der Waals surface area contributed by atoms with Crippen molar-refractivity contribution in [1.82, 2.24) is 10.1 Å². The Balaban J connectivity index is 1.77. The third-order valence-corrected chi connectivity index (χ3v) is 6.93. The van der Waals surface area contributed by atoms with Crippen LogP contribution in [0.2, 0.25) is 0 Å². The van der Waals surface area contributed by atoms with Gasteiger partial charge in [-0.05, 0) is 55.9 Å². The Morgan fingerprint density at radius 1 is 1.21 bits per heavy atom. The highest BCUT2D eigenvalue weighted by molar-refractivity contribution is 9.10. The molecule has 2 atom stereocenters.